The second kappa shape index (κ2) is 4.88. The van der Waals surface area contributed by atoms with Crippen molar-refractivity contribution >= 4 is 5.69 Å². The Hall–Kier alpha value is -2.35. The van der Waals surface area contributed by atoms with E-state index in [0.29, 0.717) is 17.7 Å². The van der Waals surface area contributed by atoms with Crippen molar-refractivity contribution in [3.05, 3.63) is 41.7 Å². The van der Waals surface area contributed by atoms with Gasteiger partial charge in [-0.3, -0.25) is 0 Å². The Morgan fingerprint density at radius 1 is 1.33 bits per heavy atom. The fourth-order valence-electron chi connectivity index (χ4n) is 3.86. The van der Waals surface area contributed by atoms with Crippen LogP contribution in [0, 0.1) is 11.3 Å². The second-order valence-corrected chi connectivity index (χ2v) is 5.83. The SMILES string of the molecule is N#Cc1cc(N2CCCC3c4nc[nH]c4CCC32)ccn1. The van der Waals surface area contributed by atoms with Crippen LogP contribution in [0.2, 0.25) is 0 Å². The van der Waals surface area contributed by atoms with Crippen molar-refractivity contribution in [3.8, 4) is 6.07 Å². The molecule has 0 radical (unpaired) electrons. The standard InChI is InChI=1S/C16H17N5/c17-9-11-8-12(5-6-18-11)21-7-1-2-13-15(21)4-3-14-16(13)20-10-19-14/h5-6,8,10,13,15H,1-4,7H2,(H,19,20). The fraction of sp³-hybridized carbons (Fsp3) is 0.438. The highest BCUT2D eigenvalue weighted by Gasteiger charge is 2.37. The number of hydrogen-bond acceptors (Lipinski definition) is 4. The van der Waals surface area contributed by atoms with E-state index in [1.54, 1.807) is 6.20 Å². The molecule has 5 heteroatoms. The normalized spacial score (nSPS) is 24.0. The second-order valence-electron chi connectivity index (χ2n) is 5.83. The summed E-state index contributed by atoms with van der Waals surface area (Å²) in [5.41, 5.74) is 4.18. The van der Waals surface area contributed by atoms with Crippen molar-refractivity contribution in [1.82, 2.24) is 15.0 Å². The Kier molecular flexibility index (Phi) is 2.88. The highest BCUT2D eigenvalue weighted by molar-refractivity contribution is 5.51. The largest absolute Gasteiger partial charge is 0.368 e. The first-order valence-electron chi connectivity index (χ1n) is 7.52. The maximum Gasteiger partial charge on any atom is 0.142 e. The fourth-order valence-corrected chi connectivity index (χ4v) is 3.86. The van der Waals surface area contributed by atoms with Crippen LogP contribution in [0.25, 0.3) is 0 Å². The van der Waals surface area contributed by atoms with Gasteiger partial charge >= 0.3 is 0 Å². The number of piperidine rings is 1. The first-order valence-corrected chi connectivity index (χ1v) is 7.52. The topological polar surface area (TPSA) is 68.6 Å². The molecule has 1 fully saturated rings. The highest BCUT2D eigenvalue weighted by atomic mass is 15.2. The number of pyridine rings is 1. The average molecular weight is 279 g/mol. The zero-order valence-corrected chi connectivity index (χ0v) is 11.8. The van der Waals surface area contributed by atoms with Crippen molar-refractivity contribution in [2.45, 2.75) is 37.6 Å². The van der Waals surface area contributed by atoms with Gasteiger partial charge in [0.25, 0.3) is 0 Å². The number of aromatic amines is 1. The van der Waals surface area contributed by atoms with Crippen LogP contribution in [-0.4, -0.2) is 27.5 Å². The van der Waals surface area contributed by atoms with E-state index in [2.05, 4.69) is 25.9 Å². The van der Waals surface area contributed by atoms with Crippen LogP contribution < -0.4 is 4.90 Å². The number of imidazole rings is 1. The molecule has 0 aromatic carbocycles. The summed E-state index contributed by atoms with van der Waals surface area (Å²) in [6.45, 7) is 1.05. The zero-order chi connectivity index (χ0) is 14.2. The summed E-state index contributed by atoms with van der Waals surface area (Å²) < 4.78 is 0. The van der Waals surface area contributed by atoms with Crippen LogP contribution in [0.4, 0.5) is 5.69 Å². The summed E-state index contributed by atoms with van der Waals surface area (Å²) in [5.74, 6) is 0.507. The van der Waals surface area contributed by atoms with Gasteiger partial charge in [0.05, 0.1) is 12.0 Å². The molecule has 0 saturated carbocycles. The number of aryl methyl sites for hydroxylation is 1. The lowest BCUT2D eigenvalue weighted by molar-refractivity contribution is 0.359. The minimum absolute atomic E-state index is 0.489. The van der Waals surface area contributed by atoms with Gasteiger partial charge < -0.3 is 9.88 Å². The smallest absolute Gasteiger partial charge is 0.142 e. The Balaban J connectivity index is 1.70. The number of rotatable bonds is 1. The van der Waals surface area contributed by atoms with Gasteiger partial charge in [0, 0.05) is 36.1 Å². The molecule has 1 N–H and O–H groups in total. The van der Waals surface area contributed by atoms with Gasteiger partial charge in [-0.05, 0) is 37.8 Å². The highest BCUT2D eigenvalue weighted by Crippen LogP contribution is 2.40. The molecule has 4 rings (SSSR count). The van der Waals surface area contributed by atoms with Crippen molar-refractivity contribution in [1.29, 1.82) is 5.26 Å². The number of aromatic nitrogens is 3. The van der Waals surface area contributed by atoms with Crippen LogP contribution in [0.3, 0.4) is 0 Å². The van der Waals surface area contributed by atoms with Gasteiger partial charge in [0.2, 0.25) is 0 Å². The van der Waals surface area contributed by atoms with E-state index in [9.17, 15) is 0 Å². The Labute approximate surface area is 123 Å². The number of anilines is 1. The summed E-state index contributed by atoms with van der Waals surface area (Å²) in [5, 5.41) is 9.05. The third kappa shape index (κ3) is 1.99. The van der Waals surface area contributed by atoms with Crippen LogP contribution >= 0.6 is 0 Å². The molecule has 1 saturated heterocycles. The molecule has 2 atom stereocenters. The molecular weight excluding hydrogens is 262 g/mol. The van der Waals surface area contributed by atoms with Gasteiger partial charge in [-0.25, -0.2) is 9.97 Å². The number of nitriles is 1. The molecule has 1 aliphatic heterocycles. The van der Waals surface area contributed by atoms with E-state index in [1.165, 1.54) is 17.8 Å². The molecule has 5 nitrogen and oxygen atoms in total. The Bertz CT molecular complexity index is 699. The number of nitrogens with zero attached hydrogens (tertiary/aromatic N) is 4. The minimum atomic E-state index is 0.489. The first kappa shape index (κ1) is 12.4. The lowest BCUT2D eigenvalue weighted by Crippen LogP contribution is -2.46. The zero-order valence-electron chi connectivity index (χ0n) is 11.8. The van der Waals surface area contributed by atoms with Gasteiger partial charge in [-0.1, -0.05) is 0 Å². The molecule has 2 aromatic rings. The van der Waals surface area contributed by atoms with Crippen molar-refractivity contribution < 1.29 is 0 Å². The summed E-state index contributed by atoms with van der Waals surface area (Å²) in [6, 6.07) is 6.55. The number of fused-ring (bicyclic) bond motifs is 3. The van der Waals surface area contributed by atoms with E-state index in [1.807, 2.05) is 18.5 Å². The van der Waals surface area contributed by atoms with Crippen LogP contribution in [0.5, 0.6) is 0 Å². The van der Waals surface area contributed by atoms with Crippen molar-refractivity contribution in [2.24, 2.45) is 0 Å². The monoisotopic (exact) mass is 279 g/mol. The number of H-pyrrole nitrogens is 1. The predicted molar refractivity (Wildman–Crippen MR) is 79.0 cm³/mol. The lowest BCUT2D eigenvalue weighted by atomic mass is 9.78. The molecule has 2 unspecified atom stereocenters. The molecule has 21 heavy (non-hydrogen) atoms. The van der Waals surface area contributed by atoms with Crippen LogP contribution in [-0.2, 0) is 6.42 Å². The summed E-state index contributed by atoms with van der Waals surface area (Å²) in [6.07, 6.45) is 8.13. The molecule has 1 aliphatic carbocycles. The predicted octanol–water partition coefficient (Wildman–Crippen LogP) is 2.38. The average Bonchev–Trinajstić information content (AvgIpc) is 3.03. The van der Waals surface area contributed by atoms with Crippen LogP contribution in [0.1, 0.15) is 42.3 Å². The molecule has 0 amide bonds. The van der Waals surface area contributed by atoms with E-state index in [0.717, 1.165) is 31.5 Å². The van der Waals surface area contributed by atoms with Crippen molar-refractivity contribution in [2.75, 3.05) is 11.4 Å². The first-order chi connectivity index (χ1) is 10.4. The maximum absolute atomic E-state index is 9.05. The van der Waals surface area contributed by atoms with Crippen molar-refractivity contribution in [3.63, 3.8) is 0 Å². The van der Waals surface area contributed by atoms with Gasteiger partial charge in [-0.15, -0.1) is 0 Å². The number of nitrogens with one attached hydrogen (secondary N) is 1. The quantitative estimate of drug-likeness (QED) is 0.870. The Morgan fingerprint density at radius 3 is 3.19 bits per heavy atom. The van der Waals surface area contributed by atoms with Gasteiger partial charge in [0.15, 0.2) is 0 Å². The molecule has 0 spiro atoms. The minimum Gasteiger partial charge on any atom is -0.368 e. The molecule has 2 aromatic heterocycles. The summed E-state index contributed by atoms with van der Waals surface area (Å²) in [7, 11) is 0. The summed E-state index contributed by atoms with van der Waals surface area (Å²) in [4.78, 5) is 14.4. The molecule has 2 aliphatic rings. The number of hydrogen-bond donors (Lipinski definition) is 1. The third-order valence-corrected chi connectivity index (χ3v) is 4.76. The van der Waals surface area contributed by atoms with E-state index in [-0.39, 0.29) is 0 Å². The lowest BCUT2D eigenvalue weighted by Gasteiger charge is -2.44. The maximum atomic E-state index is 9.05. The summed E-state index contributed by atoms with van der Waals surface area (Å²) >= 11 is 0. The van der Waals surface area contributed by atoms with E-state index in [4.69, 9.17) is 5.26 Å². The molecule has 0 bridgehead atoms. The molecule has 3 heterocycles. The van der Waals surface area contributed by atoms with Crippen LogP contribution in [0.15, 0.2) is 24.7 Å². The third-order valence-electron chi connectivity index (χ3n) is 4.76. The Morgan fingerprint density at radius 2 is 2.29 bits per heavy atom. The van der Waals surface area contributed by atoms with Gasteiger partial charge in [-0.2, -0.15) is 5.26 Å². The van der Waals surface area contributed by atoms with E-state index < -0.39 is 0 Å². The van der Waals surface area contributed by atoms with Gasteiger partial charge in [0.1, 0.15) is 11.8 Å². The molecular formula is C16H17N5. The van der Waals surface area contributed by atoms with E-state index >= 15 is 0 Å². The molecule has 106 valence electrons.